The molecule has 1 atom stereocenters. The molecule has 0 aromatic carbocycles. The summed E-state index contributed by atoms with van der Waals surface area (Å²) in [7, 11) is 0. The van der Waals surface area contributed by atoms with E-state index in [2.05, 4.69) is 130 Å². The predicted molar refractivity (Wildman–Crippen MR) is 339 cm³/mol. The summed E-state index contributed by atoms with van der Waals surface area (Å²) in [5.74, 6) is -0.903. The van der Waals surface area contributed by atoms with Crippen LogP contribution in [0.15, 0.2) is 109 Å². The molecule has 0 aromatic heterocycles. The topological polar surface area (TPSA) is 78.9 Å². The Balaban J connectivity index is 4.34. The molecule has 0 saturated heterocycles. The first-order valence-corrected chi connectivity index (χ1v) is 32.9. The van der Waals surface area contributed by atoms with Gasteiger partial charge in [0.2, 0.25) is 0 Å². The van der Waals surface area contributed by atoms with E-state index in [1.807, 2.05) is 0 Å². The first-order chi connectivity index (χ1) is 38.5. The molecule has 0 heterocycles. The maximum absolute atomic E-state index is 12.9. The van der Waals surface area contributed by atoms with Crippen LogP contribution in [0.1, 0.15) is 310 Å². The molecular weight excluding hydrogens is 961 g/mol. The van der Waals surface area contributed by atoms with Crippen molar-refractivity contribution in [3.8, 4) is 0 Å². The SMILES string of the molecule is CC/C=C\C/C=C\C/C=C\C/C=C\C/C=C\C/C=C\C/C=C\CCCCCCCCCC(=O)OCC(COC(=O)CCCCCCC/C=C\CCCCCC)OC(=O)CCCCCCCCC/C=C\CCCCCCCCC. The van der Waals surface area contributed by atoms with Crippen molar-refractivity contribution >= 4 is 17.9 Å². The van der Waals surface area contributed by atoms with Gasteiger partial charge in [0.15, 0.2) is 6.10 Å². The molecule has 0 fully saturated rings. The molecular formula is C72H122O6. The van der Waals surface area contributed by atoms with E-state index in [9.17, 15) is 14.4 Å². The van der Waals surface area contributed by atoms with E-state index in [0.717, 1.165) is 116 Å². The molecule has 1 unspecified atom stereocenters. The third-order valence-electron chi connectivity index (χ3n) is 14.0. The molecule has 0 radical (unpaired) electrons. The first kappa shape index (κ1) is 74.1. The fourth-order valence-electron chi connectivity index (χ4n) is 9.06. The largest absolute Gasteiger partial charge is 0.462 e. The maximum atomic E-state index is 12.9. The van der Waals surface area contributed by atoms with Crippen LogP contribution in [0.4, 0.5) is 0 Å². The van der Waals surface area contributed by atoms with Gasteiger partial charge in [0.05, 0.1) is 0 Å². The molecule has 0 aromatic rings. The third kappa shape index (κ3) is 62.9. The van der Waals surface area contributed by atoms with Gasteiger partial charge in [-0.25, -0.2) is 0 Å². The zero-order chi connectivity index (χ0) is 56.4. The fourth-order valence-corrected chi connectivity index (χ4v) is 9.06. The van der Waals surface area contributed by atoms with E-state index in [1.54, 1.807) is 0 Å². The van der Waals surface area contributed by atoms with Crippen LogP contribution >= 0.6 is 0 Å². The second-order valence-electron chi connectivity index (χ2n) is 21.6. The van der Waals surface area contributed by atoms with E-state index in [0.29, 0.717) is 19.3 Å². The van der Waals surface area contributed by atoms with Crippen LogP contribution in [0.25, 0.3) is 0 Å². The number of rotatable bonds is 59. The molecule has 78 heavy (non-hydrogen) atoms. The Morgan fingerprint density at radius 2 is 0.500 bits per heavy atom. The van der Waals surface area contributed by atoms with E-state index < -0.39 is 6.10 Å². The Hall–Kier alpha value is -3.93. The molecule has 0 rings (SSSR count). The minimum absolute atomic E-state index is 0.0871. The monoisotopic (exact) mass is 1080 g/mol. The minimum atomic E-state index is -0.791. The molecule has 0 saturated carbocycles. The summed E-state index contributed by atoms with van der Waals surface area (Å²) in [5, 5.41) is 0. The molecule has 0 aliphatic rings. The quantitative estimate of drug-likeness (QED) is 0.0261. The van der Waals surface area contributed by atoms with Crippen LogP contribution in [0.5, 0.6) is 0 Å². The highest BCUT2D eigenvalue weighted by Crippen LogP contribution is 2.15. The van der Waals surface area contributed by atoms with Crippen molar-refractivity contribution in [3.63, 3.8) is 0 Å². The number of unbranched alkanes of at least 4 members (excludes halogenated alkanes) is 30. The number of hydrogen-bond donors (Lipinski definition) is 0. The molecule has 0 bridgehead atoms. The zero-order valence-corrected chi connectivity index (χ0v) is 51.2. The van der Waals surface area contributed by atoms with Crippen LogP contribution in [0, 0.1) is 0 Å². The first-order valence-electron chi connectivity index (χ1n) is 32.9. The Morgan fingerprint density at radius 1 is 0.269 bits per heavy atom. The van der Waals surface area contributed by atoms with Crippen molar-refractivity contribution in [3.05, 3.63) is 109 Å². The number of ether oxygens (including phenoxy) is 3. The summed E-state index contributed by atoms with van der Waals surface area (Å²) in [5.41, 5.74) is 0. The van der Waals surface area contributed by atoms with E-state index in [1.165, 1.54) is 154 Å². The lowest BCUT2D eigenvalue weighted by molar-refractivity contribution is -0.167. The normalized spacial score (nSPS) is 12.8. The van der Waals surface area contributed by atoms with Crippen molar-refractivity contribution in [1.82, 2.24) is 0 Å². The standard InChI is InChI=1S/C72H122O6/c1-4-7-10-13-16-19-22-25-27-29-31-32-33-34-35-36-37-38-39-40-41-43-44-47-50-53-56-59-62-65-71(74)77-68-69(67-76-70(73)64-61-58-55-52-49-46-24-21-18-15-12-9-6-3)78-72(75)66-63-60-57-54-51-48-45-42-30-28-26-23-20-17-14-11-8-5-2/h7,10,16,19,21,24-25,27-28,30-32,34-35,37-38,40-41,69H,4-6,8-9,11-15,17-18,20,22-23,26,29,33,36,39,42-68H2,1-3H3/b10-7-,19-16-,24-21-,27-25-,30-28-,32-31-,35-34-,38-37-,41-40-. The Labute approximate surface area is 482 Å². The predicted octanol–water partition coefficient (Wildman–Crippen LogP) is 22.6. The lowest BCUT2D eigenvalue weighted by atomic mass is 10.1. The van der Waals surface area contributed by atoms with Crippen LogP contribution in [-0.2, 0) is 28.6 Å². The molecule has 0 aliphatic heterocycles. The van der Waals surface area contributed by atoms with Crippen molar-refractivity contribution < 1.29 is 28.6 Å². The number of hydrogen-bond acceptors (Lipinski definition) is 6. The number of allylic oxidation sites excluding steroid dienone is 18. The molecule has 6 heteroatoms. The molecule has 446 valence electrons. The van der Waals surface area contributed by atoms with E-state index >= 15 is 0 Å². The number of carbonyl (C=O) groups is 3. The Morgan fingerprint density at radius 3 is 0.808 bits per heavy atom. The van der Waals surface area contributed by atoms with Gasteiger partial charge in [-0.2, -0.15) is 0 Å². The highest BCUT2D eigenvalue weighted by molar-refractivity contribution is 5.71. The van der Waals surface area contributed by atoms with Crippen LogP contribution in [-0.4, -0.2) is 37.2 Å². The average Bonchev–Trinajstić information content (AvgIpc) is 3.44. The fraction of sp³-hybridized carbons (Fsp3) is 0.708. The second-order valence-corrected chi connectivity index (χ2v) is 21.6. The summed E-state index contributed by atoms with van der Waals surface area (Å²) in [6.45, 7) is 6.51. The summed E-state index contributed by atoms with van der Waals surface area (Å²) >= 11 is 0. The minimum Gasteiger partial charge on any atom is -0.462 e. The summed E-state index contributed by atoms with van der Waals surface area (Å²) in [6, 6.07) is 0. The molecule has 6 nitrogen and oxygen atoms in total. The molecule has 0 amide bonds. The Bertz CT molecular complexity index is 1570. The maximum Gasteiger partial charge on any atom is 0.306 e. The third-order valence-corrected chi connectivity index (χ3v) is 14.0. The van der Waals surface area contributed by atoms with Gasteiger partial charge >= 0.3 is 17.9 Å². The molecule has 0 aliphatic carbocycles. The van der Waals surface area contributed by atoms with Gasteiger partial charge in [-0.05, 0) is 128 Å². The van der Waals surface area contributed by atoms with Crippen LogP contribution in [0.2, 0.25) is 0 Å². The highest BCUT2D eigenvalue weighted by Gasteiger charge is 2.19. The second kappa shape index (κ2) is 65.6. The lowest BCUT2D eigenvalue weighted by Gasteiger charge is -2.18. The van der Waals surface area contributed by atoms with Crippen molar-refractivity contribution in [2.75, 3.05) is 13.2 Å². The summed E-state index contributed by atoms with van der Waals surface area (Å²) in [6.07, 6.45) is 89.5. The Kier molecular flexibility index (Phi) is 62.3. The van der Waals surface area contributed by atoms with Crippen LogP contribution in [0.3, 0.4) is 0 Å². The number of esters is 3. The highest BCUT2D eigenvalue weighted by atomic mass is 16.6. The van der Waals surface area contributed by atoms with Gasteiger partial charge in [-0.3, -0.25) is 14.4 Å². The smallest absolute Gasteiger partial charge is 0.306 e. The van der Waals surface area contributed by atoms with Gasteiger partial charge in [0.25, 0.3) is 0 Å². The van der Waals surface area contributed by atoms with Crippen LogP contribution < -0.4 is 0 Å². The van der Waals surface area contributed by atoms with Gasteiger partial charge < -0.3 is 14.2 Å². The van der Waals surface area contributed by atoms with Crippen molar-refractivity contribution in [2.24, 2.45) is 0 Å². The lowest BCUT2D eigenvalue weighted by Crippen LogP contribution is -2.30. The van der Waals surface area contributed by atoms with Gasteiger partial charge in [0, 0.05) is 19.3 Å². The van der Waals surface area contributed by atoms with Gasteiger partial charge in [0.1, 0.15) is 13.2 Å². The zero-order valence-electron chi connectivity index (χ0n) is 51.2. The average molecular weight is 1080 g/mol. The van der Waals surface area contributed by atoms with Gasteiger partial charge in [-0.15, -0.1) is 0 Å². The van der Waals surface area contributed by atoms with Crippen molar-refractivity contribution in [1.29, 1.82) is 0 Å². The van der Waals surface area contributed by atoms with Gasteiger partial charge in [-0.1, -0.05) is 271 Å². The van der Waals surface area contributed by atoms with E-state index in [4.69, 9.17) is 14.2 Å². The molecule has 0 spiro atoms. The number of carbonyl (C=O) groups excluding carboxylic acids is 3. The van der Waals surface area contributed by atoms with Crippen molar-refractivity contribution in [2.45, 2.75) is 316 Å². The van der Waals surface area contributed by atoms with E-state index in [-0.39, 0.29) is 31.1 Å². The molecule has 0 N–H and O–H groups in total. The summed E-state index contributed by atoms with van der Waals surface area (Å²) in [4.78, 5) is 38.3. The summed E-state index contributed by atoms with van der Waals surface area (Å²) < 4.78 is 16.9.